The van der Waals surface area contributed by atoms with E-state index in [1.807, 2.05) is 26.0 Å². The molecule has 0 amide bonds. The van der Waals surface area contributed by atoms with E-state index in [4.69, 9.17) is 0 Å². The fourth-order valence-corrected chi connectivity index (χ4v) is 5.48. The molecule has 4 nitrogen and oxygen atoms in total. The van der Waals surface area contributed by atoms with Crippen molar-refractivity contribution in [2.45, 2.75) is 50.8 Å². The number of allylic oxidation sites excluding steroid dienone is 1. The highest BCUT2D eigenvalue weighted by Gasteiger charge is 2.29. The third kappa shape index (κ3) is 4.52. The van der Waals surface area contributed by atoms with Crippen molar-refractivity contribution in [2.75, 3.05) is 32.7 Å². The molecular formula is C20H30N2O2S. The number of hydrogen-bond acceptors (Lipinski definition) is 3. The van der Waals surface area contributed by atoms with Crippen LogP contribution >= 0.6 is 0 Å². The van der Waals surface area contributed by atoms with Crippen LogP contribution in [0.5, 0.6) is 0 Å². The van der Waals surface area contributed by atoms with Crippen LogP contribution in [0.3, 0.4) is 0 Å². The second-order valence-corrected chi connectivity index (χ2v) is 9.28. The summed E-state index contributed by atoms with van der Waals surface area (Å²) < 4.78 is 27.5. The van der Waals surface area contributed by atoms with E-state index in [0.717, 1.165) is 37.2 Å². The predicted molar refractivity (Wildman–Crippen MR) is 102 cm³/mol. The third-order valence-corrected chi connectivity index (χ3v) is 7.47. The van der Waals surface area contributed by atoms with Crippen molar-refractivity contribution in [2.24, 2.45) is 0 Å². The monoisotopic (exact) mass is 362 g/mol. The number of benzene rings is 1. The lowest BCUT2D eigenvalue weighted by atomic mass is 9.97. The Hall–Kier alpha value is -1.17. The molecule has 1 aromatic carbocycles. The summed E-state index contributed by atoms with van der Waals surface area (Å²) in [6, 6.07) is 5.58. The SMILES string of the molecule is Cc1ccc(S(=O)(=O)N2CCN(CCC3=CCCCC3)CC2)c(C)c1. The maximum Gasteiger partial charge on any atom is 0.243 e. The van der Waals surface area contributed by atoms with E-state index in [0.29, 0.717) is 18.0 Å². The molecule has 1 aromatic rings. The van der Waals surface area contributed by atoms with E-state index >= 15 is 0 Å². The Morgan fingerprint density at radius 2 is 1.80 bits per heavy atom. The summed E-state index contributed by atoms with van der Waals surface area (Å²) in [6.45, 7) is 7.78. The van der Waals surface area contributed by atoms with Crippen molar-refractivity contribution in [1.82, 2.24) is 9.21 Å². The Labute approximate surface area is 152 Å². The van der Waals surface area contributed by atoms with E-state index in [2.05, 4.69) is 11.0 Å². The van der Waals surface area contributed by atoms with Gasteiger partial charge in [-0.1, -0.05) is 29.3 Å². The first-order chi connectivity index (χ1) is 12.0. The van der Waals surface area contributed by atoms with Gasteiger partial charge in [-0.05, 0) is 57.6 Å². The van der Waals surface area contributed by atoms with Gasteiger partial charge in [0.25, 0.3) is 0 Å². The second-order valence-electron chi connectivity index (χ2n) is 7.37. The van der Waals surface area contributed by atoms with Crippen LogP contribution in [0, 0.1) is 13.8 Å². The zero-order valence-electron chi connectivity index (χ0n) is 15.5. The van der Waals surface area contributed by atoms with Crippen molar-refractivity contribution in [1.29, 1.82) is 0 Å². The van der Waals surface area contributed by atoms with Crippen LogP contribution in [0.1, 0.15) is 43.2 Å². The summed E-state index contributed by atoms with van der Waals surface area (Å²) in [4.78, 5) is 2.86. The molecule has 0 saturated carbocycles. The van der Waals surface area contributed by atoms with Gasteiger partial charge in [-0.2, -0.15) is 4.31 Å². The number of piperazine rings is 1. The van der Waals surface area contributed by atoms with Gasteiger partial charge in [0.05, 0.1) is 4.90 Å². The molecule has 1 aliphatic carbocycles. The van der Waals surface area contributed by atoms with Gasteiger partial charge in [0.2, 0.25) is 10.0 Å². The van der Waals surface area contributed by atoms with Crippen LogP contribution in [-0.2, 0) is 10.0 Å². The van der Waals surface area contributed by atoms with Crippen molar-refractivity contribution in [3.05, 3.63) is 41.0 Å². The van der Waals surface area contributed by atoms with Crippen LogP contribution in [0.15, 0.2) is 34.7 Å². The van der Waals surface area contributed by atoms with Gasteiger partial charge in [-0.3, -0.25) is 0 Å². The summed E-state index contributed by atoms with van der Waals surface area (Å²) in [5.74, 6) is 0. The van der Waals surface area contributed by atoms with Crippen LogP contribution in [0.4, 0.5) is 0 Å². The number of sulfonamides is 1. The summed E-state index contributed by atoms with van der Waals surface area (Å²) in [5.41, 5.74) is 3.53. The van der Waals surface area contributed by atoms with Gasteiger partial charge >= 0.3 is 0 Å². The zero-order valence-corrected chi connectivity index (χ0v) is 16.3. The highest BCUT2D eigenvalue weighted by atomic mass is 32.2. The molecule has 1 aliphatic heterocycles. The predicted octanol–water partition coefficient (Wildman–Crippen LogP) is 3.50. The minimum atomic E-state index is -3.37. The molecule has 0 spiro atoms. The summed E-state index contributed by atoms with van der Waals surface area (Å²) in [5, 5.41) is 0. The smallest absolute Gasteiger partial charge is 0.243 e. The zero-order chi connectivity index (χ0) is 17.9. The van der Waals surface area contributed by atoms with Crippen LogP contribution < -0.4 is 0 Å². The lowest BCUT2D eigenvalue weighted by Gasteiger charge is -2.34. The minimum Gasteiger partial charge on any atom is -0.300 e. The standard InChI is InChI=1S/C20H30N2O2S/c1-17-8-9-20(18(2)16-17)25(23,24)22-14-12-21(13-15-22)11-10-19-6-4-3-5-7-19/h6,8-9,16H,3-5,7,10-15H2,1-2H3. The molecule has 25 heavy (non-hydrogen) atoms. The van der Waals surface area contributed by atoms with E-state index in [9.17, 15) is 8.42 Å². The molecular weight excluding hydrogens is 332 g/mol. The summed E-state index contributed by atoms with van der Waals surface area (Å²) in [7, 11) is -3.37. The number of nitrogens with zero attached hydrogens (tertiary/aromatic N) is 2. The third-order valence-electron chi connectivity index (χ3n) is 5.41. The topological polar surface area (TPSA) is 40.6 Å². The van der Waals surface area contributed by atoms with Crippen LogP contribution in [-0.4, -0.2) is 50.3 Å². The normalized spacial score (nSPS) is 20.5. The quantitative estimate of drug-likeness (QED) is 0.753. The molecule has 3 rings (SSSR count). The van der Waals surface area contributed by atoms with Crippen molar-refractivity contribution in [3.63, 3.8) is 0 Å². The maximum absolute atomic E-state index is 12.9. The molecule has 0 radical (unpaired) electrons. The van der Waals surface area contributed by atoms with Crippen LogP contribution in [0.2, 0.25) is 0 Å². The summed E-state index contributed by atoms with van der Waals surface area (Å²) in [6.07, 6.45) is 8.69. The molecule has 5 heteroatoms. The minimum absolute atomic E-state index is 0.457. The first kappa shape index (κ1) is 18.6. The highest BCUT2D eigenvalue weighted by Crippen LogP contribution is 2.23. The van der Waals surface area contributed by atoms with Gasteiger partial charge in [-0.15, -0.1) is 0 Å². The molecule has 0 N–H and O–H groups in total. The number of aryl methyl sites for hydroxylation is 2. The van der Waals surface area contributed by atoms with Gasteiger partial charge in [0.15, 0.2) is 0 Å². The fourth-order valence-electron chi connectivity index (χ4n) is 3.85. The Bertz CT molecular complexity index is 732. The van der Waals surface area contributed by atoms with E-state index in [1.54, 1.807) is 15.9 Å². The van der Waals surface area contributed by atoms with Gasteiger partial charge in [0.1, 0.15) is 0 Å². The fraction of sp³-hybridized carbons (Fsp3) is 0.600. The largest absolute Gasteiger partial charge is 0.300 e. The Morgan fingerprint density at radius 1 is 1.04 bits per heavy atom. The van der Waals surface area contributed by atoms with Gasteiger partial charge in [-0.25, -0.2) is 8.42 Å². The highest BCUT2D eigenvalue weighted by molar-refractivity contribution is 7.89. The molecule has 1 saturated heterocycles. The van der Waals surface area contributed by atoms with E-state index in [1.165, 1.54) is 25.7 Å². The number of hydrogen-bond donors (Lipinski definition) is 0. The molecule has 2 aliphatic rings. The first-order valence-electron chi connectivity index (χ1n) is 9.44. The lowest BCUT2D eigenvalue weighted by molar-refractivity contribution is 0.189. The molecule has 0 aromatic heterocycles. The number of rotatable bonds is 5. The molecule has 1 heterocycles. The summed E-state index contributed by atoms with van der Waals surface area (Å²) >= 11 is 0. The van der Waals surface area contributed by atoms with Crippen LogP contribution in [0.25, 0.3) is 0 Å². The van der Waals surface area contributed by atoms with Crippen molar-refractivity contribution in [3.8, 4) is 0 Å². The average Bonchev–Trinajstić information content (AvgIpc) is 2.61. The molecule has 1 fully saturated rings. The van der Waals surface area contributed by atoms with Crippen molar-refractivity contribution >= 4 is 10.0 Å². The molecule has 138 valence electrons. The first-order valence-corrected chi connectivity index (χ1v) is 10.9. The molecule has 0 unspecified atom stereocenters. The van der Waals surface area contributed by atoms with E-state index < -0.39 is 10.0 Å². The van der Waals surface area contributed by atoms with Gasteiger partial charge < -0.3 is 4.90 Å². The molecule has 0 bridgehead atoms. The lowest BCUT2D eigenvalue weighted by Crippen LogP contribution is -2.48. The van der Waals surface area contributed by atoms with E-state index in [-0.39, 0.29) is 0 Å². The Kier molecular flexibility index (Phi) is 5.97. The second kappa shape index (κ2) is 8.02. The molecule has 0 atom stereocenters. The van der Waals surface area contributed by atoms with Gasteiger partial charge in [0, 0.05) is 32.7 Å². The Balaban J connectivity index is 1.56. The van der Waals surface area contributed by atoms with Crippen molar-refractivity contribution < 1.29 is 8.42 Å². The average molecular weight is 363 g/mol. The maximum atomic E-state index is 12.9. The Morgan fingerprint density at radius 3 is 2.44 bits per heavy atom.